The Bertz CT molecular complexity index is 103. The average molecular weight is 125 g/mol. The van der Waals surface area contributed by atoms with Gasteiger partial charge in [0.05, 0.1) is 0 Å². The Morgan fingerprint density at radius 1 is 1.56 bits per heavy atom. The number of aliphatic imine (C=N–C) groups is 1. The van der Waals surface area contributed by atoms with Gasteiger partial charge in [0.25, 0.3) is 0 Å². The molecule has 0 aromatic rings. The zero-order chi connectivity index (χ0) is 7.11. The quantitative estimate of drug-likeness (QED) is 0.514. The smallest absolute Gasteiger partial charge is 0.0221 e. The second kappa shape index (κ2) is 5.54. The molecule has 0 fully saturated rings. The molecule has 0 saturated carbocycles. The summed E-state index contributed by atoms with van der Waals surface area (Å²) in [5.41, 5.74) is 0. The summed E-state index contributed by atoms with van der Waals surface area (Å²) in [5, 5.41) is 0. The second-order valence-corrected chi connectivity index (χ2v) is 2.17. The number of hydrogen-bond donors (Lipinski definition) is 0. The van der Waals surface area contributed by atoms with E-state index in [0.29, 0.717) is 5.92 Å². The molecule has 9 heavy (non-hydrogen) atoms. The average Bonchev–Trinajstić information content (AvgIpc) is 1.89. The number of rotatable bonds is 3. The zero-order valence-corrected chi connectivity index (χ0v) is 6.46. The van der Waals surface area contributed by atoms with Crippen LogP contribution in [0.3, 0.4) is 0 Å². The van der Waals surface area contributed by atoms with Gasteiger partial charge in [-0.05, 0) is 19.3 Å². The third-order valence-corrected chi connectivity index (χ3v) is 1.22. The summed E-state index contributed by atoms with van der Waals surface area (Å²) in [4.78, 5) is 4.06. The van der Waals surface area contributed by atoms with E-state index in [9.17, 15) is 0 Å². The summed E-state index contributed by atoms with van der Waals surface area (Å²) >= 11 is 0. The lowest BCUT2D eigenvalue weighted by molar-refractivity contribution is 0.754. The van der Waals surface area contributed by atoms with Crippen molar-refractivity contribution in [2.24, 2.45) is 10.9 Å². The van der Waals surface area contributed by atoms with E-state index in [4.69, 9.17) is 0 Å². The van der Waals surface area contributed by atoms with E-state index >= 15 is 0 Å². The maximum Gasteiger partial charge on any atom is 0.0221 e. The lowest BCUT2D eigenvalue weighted by atomic mass is 10.1. The Hall–Kier alpha value is -0.590. The molecule has 0 heterocycles. The summed E-state index contributed by atoms with van der Waals surface area (Å²) in [6.45, 7) is 6.29. The highest BCUT2D eigenvalue weighted by Gasteiger charge is 1.88. The molecule has 1 nitrogen and oxygen atoms in total. The van der Waals surface area contributed by atoms with Crippen LogP contribution in [0, 0.1) is 5.92 Å². The molecular formula is C8H15N. The monoisotopic (exact) mass is 125 g/mol. The Morgan fingerprint density at radius 3 is 2.67 bits per heavy atom. The number of hydrogen-bond acceptors (Lipinski definition) is 1. The van der Waals surface area contributed by atoms with Crippen LogP contribution in [0.25, 0.3) is 0 Å². The molecule has 0 N–H and O–H groups in total. The molecule has 1 atom stereocenters. The number of nitrogens with zero attached hydrogens (tertiary/aromatic N) is 1. The maximum atomic E-state index is 4.06. The van der Waals surface area contributed by atoms with Crippen LogP contribution in [0.4, 0.5) is 0 Å². The molecule has 0 spiro atoms. The van der Waals surface area contributed by atoms with Crippen molar-refractivity contribution in [1.82, 2.24) is 0 Å². The van der Waals surface area contributed by atoms with E-state index in [1.54, 1.807) is 0 Å². The van der Waals surface area contributed by atoms with Gasteiger partial charge in [0.2, 0.25) is 0 Å². The van der Waals surface area contributed by atoms with Crippen LogP contribution in [-0.4, -0.2) is 6.21 Å². The van der Waals surface area contributed by atoms with Crippen LogP contribution >= 0.6 is 0 Å². The van der Waals surface area contributed by atoms with Gasteiger partial charge in [-0.25, -0.2) is 0 Å². The third-order valence-electron chi connectivity index (χ3n) is 1.22. The Kier molecular flexibility index (Phi) is 5.18. The first kappa shape index (κ1) is 8.41. The minimum absolute atomic E-state index is 0.612. The molecule has 0 radical (unpaired) electrons. The predicted molar refractivity (Wildman–Crippen MR) is 42.8 cm³/mol. The van der Waals surface area contributed by atoms with Crippen molar-refractivity contribution in [3.05, 3.63) is 12.3 Å². The van der Waals surface area contributed by atoms with Crippen molar-refractivity contribution >= 4 is 6.21 Å². The fourth-order valence-electron chi connectivity index (χ4n) is 0.388. The fourth-order valence-corrected chi connectivity index (χ4v) is 0.388. The van der Waals surface area contributed by atoms with Crippen LogP contribution in [-0.2, 0) is 0 Å². The summed E-state index contributed by atoms with van der Waals surface area (Å²) < 4.78 is 0. The van der Waals surface area contributed by atoms with Gasteiger partial charge in [-0.3, -0.25) is 4.99 Å². The van der Waals surface area contributed by atoms with E-state index in [2.05, 4.69) is 18.8 Å². The standard InChI is InChI=1S/C8H15N/c1-4-6-9-7-8(3)5-2/h4,6-8H,5H2,1-3H3/b6-4-,9-7?. The zero-order valence-electron chi connectivity index (χ0n) is 6.46. The highest BCUT2D eigenvalue weighted by Crippen LogP contribution is 1.94. The minimum atomic E-state index is 0.612. The summed E-state index contributed by atoms with van der Waals surface area (Å²) in [6, 6.07) is 0. The van der Waals surface area contributed by atoms with Crippen molar-refractivity contribution in [3.63, 3.8) is 0 Å². The summed E-state index contributed by atoms with van der Waals surface area (Å²) in [7, 11) is 0. The molecule has 0 aromatic carbocycles. The molecule has 0 aliphatic rings. The van der Waals surface area contributed by atoms with E-state index in [0.717, 1.165) is 0 Å². The van der Waals surface area contributed by atoms with Crippen molar-refractivity contribution in [2.75, 3.05) is 0 Å². The molecule has 0 aromatic heterocycles. The van der Waals surface area contributed by atoms with Crippen molar-refractivity contribution in [1.29, 1.82) is 0 Å². The molecule has 0 aliphatic carbocycles. The van der Waals surface area contributed by atoms with Crippen LogP contribution in [0.2, 0.25) is 0 Å². The van der Waals surface area contributed by atoms with Crippen LogP contribution in [0.1, 0.15) is 27.2 Å². The molecule has 1 unspecified atom stereocenters. The molecule has 0 bridgehead atoms. The highest BCUT2D eigenvalue weighted by atomic mass is 14.7. The summed E-state index contributed by atoms with van der Waals surface area (Å²) in [5.74, 6) is 0.612. The van der Waals surface area contributed by atoms with Gasteiger partial charge >= 0.3 is 0 Å². The van der Waals surface area contributed by atoms with E-state index in [1.807, 2.05) is 25.4 Å². The van der Waals surface area contributed by atoms with E-state index in [-0.39, 0.29) is 0 Å². The minimum Gasteiger partial charge on any atom is -0.269 e. The van der Waals surface area contributed by atoms with E-state index in [1.165, 1.54) is 6.42 Å². The Morgan fingerprint density at radius 2 is 2.22 bits per heavy atom. The van der Waals surface area contributed by atoms with Gasteiger partial charge in [-0.15, -0.1) is 0 Å². The van der Waals surface area contributed by atoms with Crippen LogP contribution < -0.4 is 0 Å². The van der Waals surface area contributed by atoms with E-state index < -0.39 is 0 Å². The highest BCUT2D eigenvalue weighted by molar-refractivity contribution is 5.60. The normalized spacial score (nSPS) is 15.4. The van der Waals surface area contributed by atoms with Crippen molar-refractivity contribution in [2.45, 2.75) is 27.2 Å². The fraction of sp³-hybridized carbons (Fsp3) is 0.625. The first-order valence-corrected chi connectivity index (χ1v) is 3.45. The van der Waals surface area contributed by atoms with Crippen LogP contribution in [0.15, 0.2) is 17.3 Å². The first-order chi connectivity index (χ1) is 4.31. The van der Waals surface area contributed by atoms with Gasteiger partial charge < -0.3 is 0 Å². The first-order valence-electron chi connectivity index (χ1n) is 3.45. The van der Waals surface area contributed by atoms with Gasteiger partial charge in [-0.2, -0.15) is 0 Å². The molecule has 0 rings (SSSR count). The van der Waals surface area contributed by atoms with Crippen LogP contribution in [0.5, 0.6) is 0 Å². The summed E-state index contributed by atoms with van der Waals surface area (Å²) in [6.07, 6.45) is 6.88. The molecule has 0 aliphatic heterocycles. The van der Waals surface area contributed by atoms with Crippen molar-refractivity contribution < 1.29 is 0 Å². The predicted octanol–water partition coefficient (Wildman–Crippen LogP) is 2.64. The third kappa shape index (κ3) is 5.28. The lowest BCUT2D eigenvalue weighted by Gasteiger charge is -1.95. The molecule has 0 amide bonds. The number of allylic oxidation sites excluding steroid dienone is 1. The maximum absolute atomic E-state index is 4.06. The molecular weight excluding hydrogens is 110 g/mol. The van der Waals surface area contributed by atoms with Gasteiger partial charge in [-0.1, -0.05) is 19.9 Å². The van der Waals surface area contributed by atoms with Gasteiger partial charge in [0.15, 0.2) is 0 Å². The van der Waals surface area contributed by atoms with Gasteiger partial charge in [0.1, 0.15) is 0 Å². The SMILES string of the molecule is C/C=C\N=CC(C)CC. The largest absolute Gasteiger partial charge is 0.269 e. The van der Waals surface area contributed by atoms with Gasteiger partial charge in [0, 0.05) is 12.4 Å². The second-order valence-electron chi connectivity index (χ2n) is 2.17. The lowest BCUT2D eigenvalue weighted by Crippen LogP contribution is -1.90. The molecule has 52 valence electrons. The topological polar surface area (TPSA) is 12.4 Å². The Balaban J connectivity index is 3.43. The van der Waals surface area contributed by atoms with Crippen molar-refractivity contribution in [3.8, 4) is 0 Å². The molecule has 0 saturated heterocycles. The Labute approximate surface area is 57.5 Å². The molecule has 1 heteroatoms.